The smallest absolute Gasteiger partial charge is 0.287 e. The van der Waals surface area contributed by atoms with Crippen LogP contribution in [0.5, 0.6) is 0 Å². The van der Waals surface area contributed by atoms with Crippen LogP contribution in [-0.4, -0.2) is 15.6 Å². The van der Waals surface area contributed by atoms with E-state index in [1.165, 1.54) is 23.0 Å². The predicted octanol–water partition coefficient (Wildman–Crippen LogP) is 4.48. The summed E-state index contributed by atoms with van der Waals surface area (Å²) in [6, 6.07) is 4.11. The van der Waals surface area contributed by atoms with Crippen molar-refractivity contribution >= 4 is 21.7 Å². The summed E-state index contributed by atoms with van der Waals surface area (Å²) in [5.74, 6) is -0.373. The molecule has 0 fully saturated rings. The first-order chi connectivity index (χ1) is 9.71. The minimum atomic E-state index is -4.41. The lowest BCUT2D eigenvalue weighted by atomic mass is 10.1. The molecule has 2 rings (SSSR count). The number of aromatic nitrogens is 2. The highest BCUT2D eigenvalue weighted by atomic mass is 79.9. The molecule has 0 atom stereocenters. The van der Waals surface area contributed by atoms with Crippen molar-refractivity contribution in [3.05, 3.63) is 51.8 Å². The van der Waals surface area contributed by atoms with E-state index in [0.29, 0.717) is 10.2 Å². The van der Waals surface area contributed by atoms with Gasteiger partial charge in [0.25, 0.3) is 0 Å². The number of rotatable bonds is 3. The Hall–Kier alpha value is -1.63. The largest absolute Gasteiger partial charge is 0.416 e. The van der Waals surface area contributed by atoms with Gasteiger partial charge >= 0.3 is 6.18 Å². The molecule has 0 aliphatic carbocycles. The third-order valence-corrected chi connectivity index (χ3v) is 3.51. The maximum atomic E-state index is 12.5. The first-order valence-corrected chi connectivity index (χ1v) is 6.96. The highest BCUT2D eigenvalue weighted by molar-refractivity contribution is 9.10. The topological polar surface area (TPSA) is 34.9 Å². The maximum Gasteiger partial charge on any atom is 0.416 e. The second-order valence-corrected chi connectivity index (χ2v) is 5.64. The van der Waals surface area contributed by atoms with Gasteiger partial charge < -0.3 is 0 Å². The first-order valence-electron chi connectivity index (χ1n) is 6.16. The van der Waals surface area contributed by atoms with E-state index in [2.05, 4.69) is 21.0 Å². The number of alkyl halides is 3. The fourth-order valence-electron chi connectivity index (χ4n) is 1.89. The Morgan fingerprint density at radius 2 is 1.81 bits per heavy atom. The average Bonchev–Trinajstić information content (AvgIpc) is 2.79. The molecule has 0 aliphatic rings. The molecule has 0 spiro atoms. The molecule has 0 N–H and O–H groups in total. The van der Waals surface area contributed by atoms with Gasteiger partial charge in [-0.05, 0) is 41.9 Å². The van der Waals surface area contributed by atoms with E-state index in [-0.39, 0.29) is 17.4 Å². The monoisotopic (exact) mass is 360 g/mol. The van der Waals surface area contributed by atoms with Crippen molar-refractivity contribution < 1.29 is 18.0 Å². The van der Waals surface area contributed by atoms with Crippen molar-refractivity contribution in [1.29, 1.82) is 0 Å². The van der Waals surface area contributed by atoms with Gasteiger partial charge in [-0.15, -0.1) is 0 Å². The summed E-state index contributed by atoms with van der Waals surface area (Å²) in [5, 5.41) is 4.09. The van der Waals surface area contributed by atoms with E-state index >= 15 is 0 Å². The standard InChI is InChI=1S/C14H12BrF3N2O/c1-8(2)20-12(11(15)7-19-20)13(21)9-3-5-10(6-4-9)14(16,17)18/h3-8H,1-2H3. The molecule has 0 aliphatic heterocycles. The van der Waals surface area contributed by atoms with Crippen molar-refractivity contribution in [2.45, 2.75) is 26.1 Å². The van der Waals surface area contributed by atoms with Crippen LogP contribution in [0.4, 0.5) is 13.2 Å². The highest BCUT2D eigenvalue weighted by Gasteiger charge is 2.30. The van der Waals surface area contributed by atoms with Gasteiger partial charge in [-0.25, -0.2) is 0 Å². The predicted molar refractivity (Wildman–Crippen MR) is 75.2 cm³/mol. The third-order valence-electron chi connectivity index (χ3n) is 2.93. The number of benzene rings is 1. The molecule has 7 heteroatoms. The summed E-state index contributed by atoms with van der Waals surface area (Å²) < 4.78 is 39.6. The second kappa shape index (κ2) is 5.63. The zero-order chi connectivity index (χ0) is 15.8. The minimum absolute atomic E-state index is 0.0373. The lowest BCUT2D eigenvalue weighted by molar-refractivity contribution is -0.137. The summed E-state index contributed by atoms with van der Waals surface area (Å²) in [6.45, 7) is 3.73. The molecule has 112 valence electrons. The summed E-state index contributed by atoms with van der Waals surface area (Å²) >= 11 is 3.25. The van der Waals surface area contributed by atoms with Crippen LogP contribution in [-0.2, 0) is 6.18 Å². The molecule has 3 nitrogen and oxygen atoms in total. The van der Waals surface area contributed by atoms with Crippen LogP contribution in [0.25, 0.3) is 0 Å². The molecule has 1 aromatic carbocycles. The number of nitrogens with zero attached hydrogens (tertiary/aromatic N) is 2. The van der Waals surface area contributed by atoms with Crippen molar-refractivity contribution in [2.75, 3.05) is 0 Å². The molecule has 0 amide bonds. The number of carbonyl (C=O) groups is 1. The van der Waals surface area contributed by atoms with Gasteiger partial charge in [0.1, 0.15) is 5.69 Å². The molecule has 0 unspecified atom stereocenters. The number of ketones is 1. The second-order valence-electron chi connectivity index (χ2n) is 4.78. The van der Waals surface area contributed by atoms with Gasteiger partial charge in [-0.3, -0.25) is 9.48 Å². The molecule has 1 heterocycles. The van der Waals surface area contributed by atoms with Gasteiger partial charge in [0, 0.05) is 11.6 Å². The maximum absolute atomic E-state index is 12.5. The van der Waals surface area contributed by atoms with Crippen LogP contribution in [0.1, 0.15) is 41.5 Å². The lowest BCUT2D eigenvalue weighted by Crippen LogP contribution is -2.14. The van der Waals surface area contributed by atoms with Crippen molar-refractivity contribution in [1.82, 2.24) is 9.78 Å². The van der Waals surface area contributed by atoms with Crippen LogP contribution >= 0.6 is 15.9 Å². The van der Waals surface area contributed by atoms with E-state index in [0.717, 1.165) is 12.1 Å². The van der Waals surface area contributed by atoms with Crippen LogP contribution in [0, 0.1) is 0 Å². The van der Waals surface area contributed by atoms with E-state index in [1.807, 2.05) is 13.8 Å². The van der Waals surface area contributed by atoms with E-state index in [4.69, 9.17) is 0 Å². The Kier molecular flexibility index (Phi) is 4.22. The van der Waals surface area contributed by atoms with Crippen LogP contribution in [0.2, 0.25) is 0 Å². The Balaban J connectivity index is 2.39. The van der Waals surface area contributed by atoms with Gasteiger partial charge in [0.2, 0.25) is 5.78 Å². The Morgan fingerprint density at radius 1 is 1.24 bits per heavy atom. The highest BCUT2D eigenvalue weighted by Crippen LogP contribution is 2.30. The molecule has 1 aromatic heterocycles. The fourth-order valence-corrected chi connectivity index (χ4v) is 2.35. The van der Waals surface area contributed by atoms with Crippen molar-refractivity contribution in [3.63, 3.8) is 0 Å². The Bertz CT molecular complexity index is 660. The van der Waals surface area contributed by atoms with Crippen LogP contribution < -0.4 is 0 Å². The number of hydrogen-bond donors (Lipinski definition) is 0. The molecular formula is C14H12BrF3N2O. The van der Waals surface area contributed by atoms with Gasteiger partial charge in [0.05, 0.1) is 16.2 Å². The molecular weight excluding hydrogens is 349 g/mol. The summed E-state index contributed by atoms with van der Waals surface area (Å²) in [7, 11) is 0. The third kappa shape index (κ3) is 3.18. The average molecular weight is 361 g/mol. The molecule has 0 radical (unpaired) electrons. The SMILES string of the molecule is CC(C)n1ncc(Br)c1C(=O)c1ccc(C(F)(F)F)cc1. The van der Waals surface area contributed by atoms with E-state index in [1.54, 1.807) is 0 Å². The van der Waals surface area contributed by atoms with Crippen LogP contribution in [0.15, 0.2) is 34.9 Å². The number of carbonyl (C=O) groups excluding carboxylic acids is 1. The summed E-state index contributed by atoms with van der Waals surface area (Å²) in [4.78, 5) is 12.4. The summed E-state index contributed by atoms with van der Waals surface area (Å²) in [6.07, 6.45) is -2.92. The zero-order valence-corrected chi connectivity index (χ0v) is 12.9. The van der Waals surface area contributed by atoms with E-state index in [9.17, 15) is 18.0 Å². The molecule has 21 heavy (non-hydrogen) atoms. The van der Waals surface area contributed by atoms with Crippen molar-refractivity contribution in [2.24, 2.45) is 0 Å². The zero-order valence-electron chi connectivity index (χ0n) is 11.3. The van der Waals surface area contributed by atoms with E-state index < -0.39 is 11.7 Å². The Labute approximate surface area is 127 Å². The number of halogens is 4. The van der Waals surface area contributed by atoms with Gasteiger partial charge in [-0.2, -0.15) is 18.3 Å². The quantitative estimate of drug-likeness (QED) is 0.756. The molecule has 0 bridgehead atoms. The van der Waals surface area contributed by atoms with Crippen LogP contribution in [0.3, 0.4) is 0 Å². The molecule has 2 aromatic rings. The Morgan fingerprint density at radius 3 is 2.29 bits per heavy atom. The number of hydrogen-bond acceptors (Lipinski definition) is 2. The molecule has 0 saturated heterocycles. The normalized spacial score (nSPS) is 12.0. The summed E-state index contributed by atoms with van der Waals surface area (Å²) in [5.41, 5.74) is -0.272. The van der Waals surface area contributed by atoms with Crippen molar-refractivity contribution in [3.8, 4) is 0 Å². The molecule has 0 saturated carbocycles. The minimum Gasteiger partial charge on any atom is -0.287 e. The first kappa shape index (κ1) is 15.8. The lowest BCUT2D eigenvalue weighted by Gasteiger charge is -2.11. The fraction of sp³-hybridized carbons (Fsp3) is 0.286. The van der Waals surface area contributed by atoms with Gasteiger partial charge in [0.15, 0.2) is 0 Å². The van der Waals surface area contributed by atoms with Gasteiger partial charge in [-0.1, -0.05) is 12.1 Å².